The van der Waals surface area contributed by atoms with Crippen LogP contribution in [0.2, 0.25) is 0 Å². The Kier molecular flexibility index (Phi) is 3.24. The van der Waals surface area contributed by atoms with Crippen molar-refractivity contribution in [3.63, 3.8) is 0 Å². The van der Waals surface area contributed by atoms with Gasteiger partial charge in [0.1, 0.15) is 5.82 Å². The van der Waals surface area contributed by atoms with Crippen molar-refractivity contribution in [2.75, 3.05) is 43.9 Å². The first-order chi connectivity index (χ1) is 10.7. The van der Waals surface area contributed by atoms with Gasteiger partial charge in [0.15, 0.2) is 11.5 Å². The summed E-state index contributed by atoms with van der Waals surface area (Å²) in [6.07, 6.45) is 3.80. The number of likely N-dealkylation sites (N-methyl/N-ethyl adjacent to an activating group) is 1. The molecule has 0 bridgehead atoms. The van der Waals surface area contributed by atoms with Crippen LogP contribution in [0.1, 0.15) is 0 Å². The van der Waals surface area contributed by atoms with E-state index in [1.165, 1.54) is 4.88 Å². The highest BCUT2D eigenvalue weighted by Crippen LogP contribution is 2.29. The van der Waals surface area contributed by atoms with Crippen LogP contribution in [0.5, 0.6) is 0 Å². The Morgan fingerprint density at radius 3 is 2.77 bits per heavy atom. The van der Waals surface area contributed by atoms with Crippen LogP contribution in [-0.2, 0) is 0 Å². The average molecular weight is 314 g/mol. The number of rotatable bonds is 2. The first-order valence-electron chi connectivity index (χ1n) is 7.33. The van der Waals surface area contributed by atoms with Crippen LogP contribution in [-0.4, -0.2) is 52.5 Å². The molecule has 0 aromatic carbocycles. The minimum absolute atomic E-state index is 0.529. The first kappa shape index (κ1) is 13.5. The lowest BCUT2D eigenvalue weighted by molar-refractivity contribution is 0.312. The van der Waals surface area contributed by atoms with E-state index in [2.05, 4.69) is 37.7 Å². The molecule has 0 amide bonds. The van der Waals surface area contributed by atoms with Gasteiger partial charge in [-0.25, -0.2) is 9.97 Å². The summed E-state index contributed by atoms with van der Waals surface area (Å²) in [5, 5.41) is 2.07. The number of nitrogens with zero attached hydrogens (tertiary/aromatic N) is 5. The van der Waals surface area contributed by atoms with E-state index in [4.69, 9.17) is 10.7 Å². The third-order valence-corrected chi connectivity index (χ3v) is 4.96. The lowest BCUT2D eigenvalue weighted by Crippen LogP contribution is -2.45. The minimum atomic E-state index is 0.529. The summed E-state index contributed by atoms with van der Waals surface area (Å²) in [6.45, 7) is 4.00. The van der Waals surface area contributed by atoms with E-state index in [0.29, 0.717) is 5.82 Å². The molecule has 114 valence electrons. The fourth-order valence-corrected chi connectivity index (χ4v) is 3.56. The van der Waals surface area contributed by atoms with Crippen molar-refractivity contribution >= 4 is 28.6 Å². The molecule has 4 heterocycles. The van der Waals surface area contributed by atoms with Gasteiger partial charge in [-0.15, -0.1) is 11.3 Å². The van der Waals surface area contributed by atoms with Gasteiger partial charge < -0.3 is 15.5 Å². The summed E-state index contributed by atoms with van der Waals surface area (Å²) < 4.78 is 2.06. The fraction of sp³-hybridized carbons (Fsp3) is 0.333. The second-order valence-electron chi connectivity index (χ2n) is 5.59. The van der Waals surface area contributed by atoms with E-state index in [1.807, 2.05) is 18.5 Å². The molecule has 1 aliphatic heterocycles. The molecular formula is C15H18N6S. The first-order valence-corrected chi connectivity index (χ1v) is 8.21. The van der Waals surface area contributed by atoms with Gasteiger partial charge in [0, 0.05) is 26.2 Å². The molecule has 22 heavy (non-hydrogen) atoms. The standard InChI is InChI=1S/C15H18N6S/c1-19-4-6-20(7-5-19)14-15-18-13(16)10-21(15)11(9-17-14)12-3-2-8-22-12/h2-3,8-10H,4-7,16H2,1H3. The maximum Gasteiger partial charge on any atom is 0.182 e. The molecule has 1 aliphatic rings. The quantitative estimate of drug-likeness (QED) is 0.781. The molecule has 0 saturated carbocycles. The maximum atomic E-state index is 5.95. The number of anilines is 2. The molecule has 7 heteroatoms. The number of imidazole rings is 1. The van der Waals surface area contributed by atoms with E-state index in [-0.39, 0.29) is 0 Å². The van der Waals surface area contributed by atoms with Gasteiger partial charge in [-0.2, -0.15) is 0 Å². The molecule has 0 atom stereocenters. The van der Waals surface area contributed by atoms with Crippen molar-refractivity contribution in [1.82, 2.24) is 19.3 Å². The third kappa shape index (κ3) is 2.22. The lowest BCUT2D eigenvalue weighted by Gasteiger charge is -2.33. The van der Waals surface area contributed by atoms with Crippen molar-refractivity contribution in [2.24, 2.45) is 0 Å². The monoisotopic (exact) mass is 314 g/mol. The molecule has 0 spiro atoms. The van der Waals surface area contributed by atoms with Crippen molar-refractivity contribution in [3.05, 3.63) is 29.9 Å². The van der Waals surface area contributed by atoms with Gasteiger partial charge in [-0.05, 0) is 18.5 Å². The second kappa shape index (κ2) is 5.26. The SMILES string of the molecule is CN1CCN(c2ncc(-c3cccs3)n3cc(N)nc23)CC1. The second-order valence-corrected chi connectivity index (χ2v) is 6.54. The molecule has 1 saturated heterocycles. The average Bonchev–Trinajstić information content (AvgIpc) is 3.15. The highest BCUT2D eigenvalue weighted by molar-refractivity contribution is 7.13. The number of thiophene rings is 1. The smallest absolute Gasteiger partial charge is 0.182 e. The summed E-state index contributed by atoms with van der Waals surface area (Å²) in [4.78, 5) is 15.0. The minimum Gasteiger partial charge on any atom is -0.382 e. The Balaban J connectivity index is 1.82. The van der Waals surface area contributed by atoms with Crippen LogP contribution in [0.4, 0.5) is 11.6 Å². The predicted octanol–water partition coefficient (Wildman–Crippen LogP) is 1.79. The van der Waals surface area contributed by atoms with E-state index in [1.54, 1.807) is 11.3 Å². The Labute approximate surface area is 132 Å². The van der Waals surface area contributed by atoms with Crippen LogP contribution >= 0.6 is 11.3 Å². The van der Waals surface area contributed by atoms with Gasteiger partial charge in [0.25, 0.3) is 0 Å². The van der Waals surface area contributed by atoms with Crippen molar-refractivity contribution in [2.45, 2.75) is 0 Å². The molecule has 6 nitrogen and oxygen atoms in total. The number of aromatic nitrogens is 3. The molecule has 0 radical (unpaired) electrons. The zero-order valence-corrected chi connectivity index (χ0v) is 13.3. The Morgan fingerprint density at radius 1 is 1.23 bits per heavy atom. The number of nitrogen functional groups attached to an aromatic ring is 1. The third-order valence-electron chi connectivity index (χ3n) is 4.07. The summed E-state index contributed by atoms with van der Waals surface area (Å²) >= 11 is 1.69. The lowest BCUT2D eigenvalue weighted by atomic mass is 10.3. The van der Waals surface area contributed by atoms with E-state index >= 15 is 0 Å². The zero-order chi connectivity index (χ0) is 15.1. The number of fused-ring (bicyclic) bond motifs is 1. The van der Waals surface area contributed by atoms with E-state index in [0.717, 1.165) is 43.3 Å². The molecular weight excluding hydrogens is 296 g/mol. The molecule has 4 rings (SSSR count). The number of nitrogens with two attached hydrogens (primary N) is 1. The van der Waals surface area contributed by atoms with Gasteiger partial charge in [0.05, 0.1) is 23.0 Å². The van der Waals surface area contributed by atoms with Crippen molar-refractivity contribution in [1.29, 1.82) is 0 Å². The number of hydrogen-bond acceptors (Lipinski definition) is 6. The highest BCUT2D eigenvalue weighted by atomic mass is 32.1. The van der Waals surface area contributed by atoms with E-state index < -0.39 is 0 Å². The zero-order valence-electron chi connectivity index (χ0n) is 12.4. The predicted molar refractivity (Wildman–Crippen MR) is 90.4 cm³/mol. The van der Waals surface area contributed by atoms with Crippen molar-refractivity contribution < 1.29 is 0 Å². The Bertz CT molecular complexity index is 786. The summed E-state index contributed by atoms with van der Waals surface area (Å²) in [7, 11) is 2.15. The van der Waals surface area contributed by atoms with Crippen LogP contribution in [0, 0.1) is 0 Å². The maximum absolute atomic E-state index is 5.95. The Morgan fingerprint density at radius 2 is 2.05 bits per heavy atom. The van der Waals surface area contributed by atoms with Crippen molar-refractivity contribution in [3.8, 4) is 10.6 Å². The van der Waals surface area contributed by atoms with Crippen LogP contribution < -0.4 is 10.6 Å². The molecule has 2 N–H and O–H groups in total. The highest BCUT2D eigenvalue weighted by Gasteiger charge is 2.20. The number of hydrogen-bond donors (Lipinski definition) is 1. The summed E-state index contributed by atoms with van der Waals surface area (Å²) in [5.41, 5.74) is 7.83. The normalized spacial score (nSPS) is 16.5. The van der Waals surface area contributed by atoms with E-state index in [9.17, 15) is 0 Å². The van der Waals surface area contributed by atoms with Gasteiger partial charge in [-0.1, -0.05) is 6.07 Å². The van der Waals surface area contributed by atoms with Gasteiger partial charge >= 0.3 is 0 Å². The van der Waals surface area contributed by atoms with Gasteiger partial charge in [-0.3, -0.25) is 4.40 Å². The summed E-state index contributed by atoms with van der Waals surface area (Å²) in [6, 6.07) is 4.13. The Hall–Kier alpha value is -2.12. The topological polar surface area (TPSA) is 62.7 Å². The van der Waals surface area contributed by atoms with Crippen LogP contribution in [0.25, 0.3) is 16.2 Å². The molecule has 3 aromatic rings. The van der Waals surface area contributed by atoms with Gasteiger partial charge in [0.2, 0.25) is 0 Å². The molecule has 3 aromatic heterocycles. The van der Waals surface area contributed by atoms with Crippen LogP contribution in [0.15, 0.2) is 29.9 Å². The van der Waals surface area contributed by atoms with Crippen LogP contribution in [0.3, 0.4) is 0 Å². The summed E-state index contributed by atoms with van der Waals surface area (Å²) in [5.74, 6) is 1.45. The fourth-order valence-electron chi connectivity index (χ4n) is 2.83. The number of piperazine rings is 1. The molecule has 0 unspecified atom stereocenters. The largest absolute Gasteiger partial charge is 0.382 e. The molecule has 1 fully saturated rings. The molecule has 0 aliphatic carbocycles.